The summed E-state index contributed by atoms with van der Waals surface area (Å²) in [5, 5.41) is 14.1. The fourth-order valence-corrected chi connectivity index (χ4v) is 12.6. The summed E-state index contributed by atoms with van der Waals surface area (Å²) >= 11 is 0. The van der Waals surface area contributed by atoms with Crippen LogP contribution in [0.2, 0.25) is 0 Å². The molecule has 3 unspecified atom stereocenters. The van der Waals surface area contributed by atoms with Gasteiger partial charge in [0.1, 0.15) is 13.2 Å². The van der Waals surface area contributed by atoms with Crippen molar-refractivity contribution in [2.45, 2.75) is 398 Å². The number of unbranched alkanes of at least 4 members (excludes halogenated alkanes) is 49. The number of rotatable bonds is 72. The second-order valence-electron chi connectivity index (χ2n) is 27.7. The zero-order valence-corrected chi connectivity index (χ0v) is 60.3. The van der Waals surface area contributed by atoms with Crippen LogP contribution in [0.25, 0.3) is 0 Å². The molecule has 0 heterocycles. The molecule has 88 heavy (non-hydrogen) atoms. The number of quaternary nitrogens is 1. The summed E-state index contributed by atoms with van der Waals surface area (Å²) < 4.78 is 23.6. The monoisotopic (exact) mass is 1260 g/mol. The van der Waals surface area contributed by atoms with Crippen molar-refractivity contribution in [3.63, 3.8) is 0 Å². The van der Waals surface area contributed by atoms with Crippen molar-refractivity contribution in [1.29, 1.82) is 0 Å². The molecule has 0 aromatic carbocycles. The third kappa shape index (κ3) is 71.6. The quantitative estimate of drug-likeness (QED) is 0.0272. The predicted octanol–water partition coefficient (Wildman–Crippen LogP) is 24.5. The number of carbonyl (C=O) groups excluding carboxylic acids is 1. The third-order valence-electron chi connectivity index (χ3n) is 17.8. The van der Waals surface area contributed by atoms with Crippen molar-refractivity contribution in [2.75, 3.05) is 40.9 Å². The van der Waals surface area contributed by atoms with Gasteiger partial charge in [0.2, 0.25) is 5.91 Å². The van der Waals surface area contributed by atoms with Crippen LogP contribution in [-0.2, 0) is 18.4 Å². The lowest BCUT2D eigenvalue weighted by molar-refractivity contribution is -0.870. The number of amides is 1. The van der Waals surface area contributed by atoms with Gasteiger partial charge in [-0.15, -0.1) is 0 Å². The van der Waals surface area contributed by atoms with E-state index in [2.05, 4.69) is 79.9 Å². The Bertz CT molecular complexity index is 1620. The molecule has 0 bridgehead atoms. The molecule has 0 aromatic rings. The van der Waals surface area contributed by atoms with E-state index in [1.165, 1.54) is 289 Å². The van der Waals surface area contributed by atoms with E-state index in [-0.39, 0.29) is 19.1 Å². The highest BCUT2D eigenvalue weighted by molar-refractivity contribution is 7.45. The molecule has 0 aliphatic heterocycles. The molecule has 8 nitrogen and oxygen atoms in total. The molecule has 9 heteroatoms. The fraction of sp³-hybridized carbons (Fsp3) is 0.861. The highest BCUT2D eigenvalue weighted by Gasteiger charge is 2.24. The van der Waals surface area contributed by atoms with Crippen molar-refractivity contribution < 1.29 is 32.9 Å². The van der Waals surface area contributed by atoms with Crippen molar-refractivity contribution in [1.82, 2.24) is 5.32 Å². The summed E-state index contributed by atoms with van der Waals surface area (Å²) in [6.45, 7) is 4.67. The number of phosphoric ester groups is 1. The standard InChI is InChI=1S/C79H151N2O6P/c1-6-8-10-12-14-16-18-20-22-24-26-28-30-32-34-36-37-38-39-40-41-42-43-45-47-49-51-53-55-57-59-61-63-65-67-69-71-73-79(83)80-77(76-87-88(84,85)86-75-74-81(3,4)5)78(82)72-70-68-66-64-62-60-58-56-54-52-50-48-46-44-35-33-31-29-27-25-23-21-19-17-15-13-11-9-7-2/h8,10,14,16,20,22,26,28,32,34,77-78,82H,6-7,9,11-13,15,17-19,21,23-25,27,29-31,33,35-76H2,1-5H3,(H-,80,83,84,85)/b10-8-,16-14-,22-20-,28-26-,34-32-. The molecule has 0 saturated heterocycles. The van der Waals surface area contributed by atoms with Crippen LogP contribution in [0.1, 0.15) is 386 Å². The van der Waals surface area contributed by atoms with E-state index in [0.29, 0.717) is 23.9 Å². The van der Waals surface area contributed by atoms with Crippen LogP contribution in [0.3, 0.4) is 0 Å². The molecule has 0 spiro atoms. The normalized spacial score (nSPS) is 13.9. The molecular formula is C79H151N2O6P. The first kappa shape index (κ1) is 86.2. The minimum atomic E-state index is -4.58. The summed E-state index contributed by atoms with van der Waals surface area (Å²) in [6.07, 6.45) is 96.1. The van der Waals surface area contributed by atoms with Gasteiger partial charge in [0.15, 0.2) is 0 Å². The molecule has 0 rings (SSSR count). The predicted molar refractivity (Wildman–Crippen MR) is 385 cm³/mol. The molecule has 1 amide bonds. The van der Waals surface area contributed by atoms with E-state index < -0.39 is 20.0 Å². The highest BCUT2D eigenvalue weighted by Crippen LogP contribution is 2.38. The minimum Gasteiger partial charge on any atom is -0.756 e. The SMILES string of the molecule is CC/C=C\C/C=C\C/C=C\C/C=C\C/C=C\CCCCCCCCCCCCCCCCCCCCCCCC(=O)NC(COP(=O)([O-])OCC[N+](C)(C)C)C(O)CCCCCCCCCCCCCCCCCCCCCCCCCCCCCCC. The smallest absolute Gasteiger partial charge is 0.268 e. The first-order chi connectivity index (χ1) is 43.0. The second-order valence-corrected chi connectivity index (χ2v) is 29.1. The number of likely N-dealkylation sites (N-methyl/N-ethyl adjacent to an activating group) is 1. The Balaban J connectivity index is 3.94. The number of carbonyl (C=O) groups is 1. The Morgan fingerprint density at radius 1 is 0.409 bits per heavy atom. The lowest BCUT2D eigenvalue weighted by Gasteiger charge is -2.30. The maximum Gasteiger partial charge on any atom is 0.268 e. The number of aliphatic hydroxyl groups is 1. The molecule has 0 aromatic heterocycles. The molecule has 518 valence electrons. The molecule has 0 fully saturated rings. The number of hydrogen-bond acceptors (Lipinski definition) is 6. The average molecular weight is 1260 g/mol. The Hall–Kier alpha value is -1.80. The van der Waals surface area contributed by atoms with E-state index >= 15 is 0 Å². The lowest BCUT2D eigenvalue weighted by atomic mass is 10.0. The molecule has 3 atom stereocenters. The van der Waals surface area contributed by atoms with Crippen LogP contribution in [0, 0.1) is 0 Å². The molecule has 0 saturated carbocycles. The first-order valence-electron chi connectivity index (χ1n) is 38.6. The van der Waals surface area contributed by atoms with Crippen LogP contribution in [0.5, 0.6) is 0 Å². The molecule has 0 radical (unpaired) electrons. The molecule has 2 N–H and O–H groups in total. The summed E-state index contributed by atoms with van der Waals surface area (Å²) in [4.78, 5) is 25.7. The second kappa shape index (κ2) is 69.5. The maximum absolute atomic E-state index is 13.1. The number of nitrogens with one attached hydrogen (secondary N) is 1. The highest BCUT2D eigenvalue weighted by atomic mass is 31.2. The Morgan fingerprint density at radius 3 is 1.01 bits per heavy atom. The van der Waals surface area contributed by atoms with Gasteiger partial charge in [-0.2, -0.15) is 0 Å². The van der Waals surface area contributed by atoms with E-state index in [0.717, 1.165) is 70.6 Å². The van der Waals surface area contributed by atoms with Crippen molar-refractivity contribution in [2.24, 2.45) is 0 Å². The number of hydrogen-bond donors (Lipinski definition) is 2. The van der Waals surface area contributed by atoms with Crippen molar-refractivity contribution in [3.8, 4) is 0 Å². The molecule has 0 aliphatic rings. The van der Waals surface area contributed by atoms with Crippen molar-refractivity contribution in [3.05, 3.63) is 60.8 Å². The summed E-state index contributed by atoms with van der Waals surface area (Å²) in [7, 11) is 1.32. The van der Waals surface area contributed by atoms with E-state index in [1.54, 1.807) is 0 Å². The number of aliphatic hydroxyl groups excluding tert-OH is 1. The third-order valence-corrected chi connectivity index (χ3v) is 18.7. The zero-order chi connectivity index (χ0) is 64.1. The van der Waals surface area contributed by atoms with Gasteiger partial charge >= 0.3 is 0 Å². The Morgan fingerprint density at radius 2 is 0.693 bits per heavy atom. The maximum atomic E-state index is 13.1. The van der Waals surface area contributed by atoms with Gasteiger partial charge < -0.3 is 28.8 Å². The minimum absolute atomic E-state index is 0.0136. The van der Waals surface area contributed by atoms with Crippen LogP contribution >= 0.6 is 7.82 Å². The van der Waals surface area contributed by atoms with Gasteiger partial charge in [-0.05, 0) is 57.8 Å². The van der Waals surface area contributed by atoms with Crippen LogP contribution in [-0.4, -0.2) is 68.5 Å². The largest absolute Gasteiger partial charge is 0.756 e. The zero-order valence-electron chi connectivity index (χ0n) is 59.4. The van der Waals surface area contributed by atoms with E-state index in [4.69, 9.17) is 9.05 Å². The number of nitrogens with zero attached hydrogens (tertiary/aromatic N) is 1. The van der Waals surface area contributed by atoms with Gasteiger partial charge in [-0.3, -0.25) is 9.36 Å². The topological polar surface area (TPSA) is 108 Å². The van der Waals surface area contributed by atoms with Gasteiger partial charge in [0.25, 0.3) is 7.82 Å². The summed E-state index contributed by atoms with van der Waals surface area (Å²) in [6, 6.07) is -0.802. The number of phosphoric acid groups is 1. The Kier molecular flexibility index (Phi) is 68.1. The van der Waals surface area contributed by atoms with Gasteiger partial charge in [0.05, 0.1) is 39.9 Å². The summed E-state index contributed by atoms with van der Waals surface area (Å²) in [5.74, 6) is -0.157. The van der Waals surface area contributed by atoms with E-state index in [1.807, 2.05) is 21.1 Å². The lowest BCUT2D eigenvalue weighted by Crippen LogP contribution is -2.46. The van der Waals surface area contributed by atoms with Gasteiger partial charge in [-0.25, -0.2) is 0 Å². The summed E-state index contributed by atoms with van der Waals surface area (Å²) in [5.41, 5.74) is 0. The number of allylic oxidation sites excluding steroid dienone is 10. The van der Waals surface area contributed by atoms with Gasteiger partial charge in [-0.1, -0.05) is 383 Å². The average Bonchev–Trinajstić information content (AvgIpc) is 3.70. The molecule has 0 aliphatic carbocycles. The van der Waals surface area contributed by atoms with Crippen molar-refractivity contribution >= 4 is 13.7 Å². The van der Waals surface area contributed by atoms with Gasteiger partial charge in [0, 0.05) is 6.42 Å². The van der Waals surface area contributed by atoms with Crippen LogP contribution in [0.4, 0.5) is 0 Å². The fourth-order valence-electron chi connectivity index (χ4n) is 11.8. The molecular weight excluding hydrogens is 1100 g/mol. The van der Waals surface area contributed by atoms with Crippen LogP contribution in [0.15, 0.2) is 60.8 Å². The van der Waals surface area contributed by atoms with E-state index in [9.17, 15) is 19.4 Å². The van der Waals surface area contributed by atoms with Crippen LogP contribution < -0.4 is 10.2 Å². The first-order valence-corrected chi connectivity index (χ1v) is 40.1. The Labute approximate surface area is 549 Å².